The van der Waals surface area contributed by atoms with Crippen molar-refractivity contribution in [3.8, 4) is 0 Å². The average molecular weight is 253 g/mol. The van der Waals surface area contributed by atoms with E-state index in [9.17, 15) is 10.1 Å². The fraction of sp³-hybridized carbons (Fsp3) is 0.143. The molecule has 2 aromatic heterocycles. The van der Waals surface area contributed by atoms with Gasteiger partial charge in [0.25, 0.3) is 0 Å². The van der Waals surface area contributed by atoms with Crippen LogP contribution < -0.4 is 5.73 Å². The van der Waals surface area contributed by atoms with Crippen molar-refractivity contribution in [3.05, 3.63) is 22.3 Å². The molecule has 0 atom stereocenters. The molecule has 0 spiro atoms. The minimum Gasteiger partial charge on any atom is -0.378 e. The summed E-state index contributed by atoms with van der Waals surface area (Å²) in [5, 5.41) is 17.7. The zero-order valence-corrected chi connectivity index (χ0v) is 9.43. The number of nitrogens with zero attached hydrogens (tertiary/aromatic N) is 5. The zero-order chi connectivity index (χ0) is 12.4. The first kappa shape index (κ1) is 11.3. The molecule has 0 bridgehead atoms. The number of anilines is 1. The van der Waals surface area contributed by atoms with E-state index in [0.717, 1.165) is 18.1 Å². The van der Waals surface area contributed by atoms with Crippen molar-refractivity contribution in [2.45, 2.75) is 17.1 Å². The Hall–Kier alpha value is -2.23. The van der Waals surface area contributed by atoms with Crippen molar-refractivity contribution >= 4 is 23.3 Å². The largest absolute Gasteiger partial charge is 0.378 e. The highest BCUT2D eigenvalue weighted by molar-refractivity contribution is 7.99. The number of hydrogen-bond donors (Lipinski definition) is 2. The van der Waals surface area contributed by atoms with E-state index in [1.54, 1.807) is 6.92 Å². The third kappa shape index (κ3) is 2.30. The van der Waals surface area contributed by atoms with Crippen LogP contribution in [0.2, 0.25) is 0 Å². The molecule has 0 radical (unpaired) electrons. The van der Waals surface area contributed by atoms with Gasteiger partial charge in [0.1, 0.15) is 12.2 Å². The summed E-state index contributed by atoms with van der Waals surface area (Å²) in [6, 6.07) is 0. The maximum atomic E-state index is 10.8. The topological polar surface area (TPSA) is 137 Å². The van der Waals surface area contributed by atoms with Gasteiger partial charge in [-0.1, -0.05) is 0 Å². The van der Waals surface area contributed by atoms with Crippen LogP contribution >= 0.6 is 11.8 Å². The van der Waals surface area contributed by atoms with Crippen molar-refractivity contribution in [2.24, 2.45) is 0 Å². The number of hydrogen-bond acceptors (Lipinski definition) is 8. The minimum atomic E-state index is -0.628. The van der Waals surface area contributed by atoms with Crippen LogP contribution in [0, 0.1) is 17.0 Å². The van der Waals surface area contributed by atoms with Crippen LogP contribution in [0.25, 0.3) is 0 Å². The van der Waals surface area contributed by atoms with Crippen molar-refractivity contribution in [1.82, 2.24) is 25.1 Å². The second-order valence-electron chi connectivity index (χ2n) is 2.98. The molecule has 0 aliphatic rings. The highest BCUT2D eigenvalue weighted by atomic mass is 32.2. The highest BCUT2D eigenvalue weighted by Crippen LogP contribution is 2.33. The summed E-state index contributed by atoms with van der Waals surface area (Å²) < 4.78 is 0. The Kier molecular flexibility index (Phi) is 2.87. The van der Waals surface area contributed by atoms with E-state index in [4.69, 9.17) is 5.73 Å². The molecule has 0 fully saturated rings. The first-order valence-corrected chi connectivity index (χ1v) is 5.21. The van der Waals surface area contributed by atoms with Crippen LogP contribution in [0.5, 0.6) is 0 Å². The maximum absolute atomic E-state index is 10.8. The van der Waals surface area contributed by atoms with E-state index in [1.165, 1.54) is 0 Å². The van der Waals surface area contributed by atoms with E-state index in [0.29, 0.717) is 11.0 Å². The van der Waals surface area contributed by atoms with Gasteiger partial charge in [-0.25, -0.2) is 15.0 Å². The van der Waals surface area contributed by atoms with Gasteiger partial charge in [-0.3, -0.25) is 15.2 Å². The Balaban J connectivity index is 2.39. The van der Waals surface area contributed by atoms with Crippen LogP contribution in [-0.2, 0) is 0 Å². The SMILES string of the molecule is Cc1nc(Sc2ncnc(N)c2[N+](=O)[O-])n[nH]1. The Morgan fingerprint density at radius 1 is 1.53 bits per heavy atom. The third-order valence-electron chi connectivity index (χ3n) is 1.76. The van der Waals surface area contributed by atoms with Gasteiger partial charge >= 0.3 is 5.69 Å². The van der Waals surface area contributed by atoms with Gasteiger partial charge in [0.2, 0.25) is 11.0 Å². The Labute approximate surface area is 99.0 Å². The molecule has 3 N–H and O–H groups in total. The van der Waals surface area contributed by atoms with Gasteiger partial charge in [0.15, 0.2) is 5.03 Å². The van der Waals surface area contributed by atoms with Crippen molar-refractivity contribution in [1.29, 1.82) is 0 Å². The van der Waals surface area contributed by atoms with Crippen molar-refractivity contribution < 1.29 is 4.92 Å². The van der Waals surface area contributed by atoms with Gasteiger partial charge in [0.05, 0.1) is 4.92 Å². The van der Waals surface area contributed by atoms with Crippen molar-refractivity contribution in [2.75, 3.05) is 5.73 Å². The molecular formula is C7H7N7O2S. The molecule has 88 valence electrons. The lowest BCUT2D eigenvalue weighted by Crippen LogP contribution is -2.01. The third-order valence-corrected chi connectivity index (χ3v) is 2.62. The summed E-state index contributed by atoms with van der Waals surface area (Å²) in [7, 11) is 0. The second-order valence-corrected chi connectivity index (χ2v) is 3.93. The molecule has 9 nitrogen and oxygen atoms in total. The standard InChI is InChI=1S/C7H7N7O2S/c1-3-11-7(13-12-3)17-6-4(14(15)16)5(8)9-2-10-6/h2H,1H3,(H2,8,9,10)(H,11,12,13). The van der Waals surface area contributed by atoms with Crippen LogP contribution in [0.1, 0.15) is 5.82 Å². The summed E-state index contributed by atoms with van der Waals surface area (Å²) in [5.74, 6) is 0.428. The lowest BCUT2D eigenvalue weighted by Gasteiger charge is -1.99. The molecule has 17 heavy (non-hydrogen) atoms. The first-order valence-electron chi connectivity index (χ1n) is 4.39. The smallest absolute Gasteiger partial charge is 0.343 e. The molecule has 2 heterocycles. The Morgan fingerprint density at radius 3 is 2.88 bits per heavy atom. The minimum absolute atomic E-state index is 0.113. The molecule has 0 saturated heterocycles. The maximum Gasteiger partial charge on any atom is 0.343 e. The normalized spacial score (nSPS) is 10.4. The van der Waals surface area contributed by atoms with E-state index in [1.807, 2.05) is 0 Å². The van der Waals surface area contributed by atoms with E-state index >= 15 is 0 Å². The molecule has 0 amide bonds. The lowest BCUT2D eigenvalue weighted by atomic mass is 10.5. The number of H-pyrrole nitrogens is 1. The van der Waals surface area contributed by atoms with Crippen LogP contribution in [0.4, 0.5) is 11.5 Å². The fourth-order valence-electron chi connectivity index (χ4n) is 1.08. The van der Waals surface area contributed by atoms with Gasteiger partial charge in [-0.2, -0.15) is 0 Å². The van der Waals surface area contributed by atoms with Crippen LogP contribution in [0.3, 0.4) is 0 Å². The van der Waals surface area contributed by atoms with Gasteiger partial charge < -0.3 is 5.73 Å². The van der Waals surface area contributed by atoms with Gasteiger partial charge in [0, 0.05) is 0 Å². The molecule has 10 heteroatoms. The predicted octanol–water partition coefficient (Wildman–Crippen LogP) is 0.545. The fourth-order valence-corrected chi connectivity index (χ4v) is 1.90. The van der Waals surface area contributed by atoms with Crippen molar-refractivity contribution in [3.63, 3.8) is 0 Å². The van der Waals surface area contributed by atoms with E-state index < -0.39 is 4.92 Å². The number of aryl methyl sites for hydroxylation is 1. The monoisotopic (exact) mass is 253 g/mol. The van der Waals surface area contributed by atoms with E-state index in [-0.39, 0.29) is 16.5 Å². The van der Waals surface area contributed by atoms with Crippen LogP contribution in [-0.4, -0.2) is 30.1 Å². The highest BCUT2D eigenvalue weighted by Gasteiger charge is 2.22. The molecule has 0 saturated carbocycles. The molecule has 0 aliphatic heterocycles. The quantitative estimate of drug-likeness (QED) is 0.459. The second kappa shape index (κ2) is 4.33. The molecule has 2 rings (SSSR count). The van der Waals surface area contributed by atoms with Gasteiger partial charge in [-0.05, 0) is 18.7 Å². The summed E-state index contributed by atoms with van der Waals surface area (Å²) in [6.45, 7) is 1.72. The molecular weight excluding hydrogens is 246 g/mol. The zero-order valence-electron chi connectivity index (χ0n) is 8.62. The molecule has 0 unspecified atom stereocenters. The number of nitro groups is 1. The number of nitrogen functional groups attached to an aromatic ring is 1. The lowest BCUT2D eigenvalue weighted by molar-refractivity contribution is -0.387. The summed E-state index contributed by atoms with van der Waals surface area (Å²) in [4.78, 5) is 21.6. The summed E-state index contributed by atoms with van der Waals surface area (Å²) in [6.07, 6.45) is 1.16. The number of aromatic amines is 1. The first-order chi connectivity index (χ1) is 8.08. The molecule has 0 aromatic carbocycles. The summed E-state index contributed by atoms with van der Waals surface area (Å²) >= 11 is 0.951. The predicted molar refractivity (Wildman–Crippen MR) is 58.3 cm³/mol. The number of rotatable bonds is 3. The Bertz CT molecular complexity index is 569. The van der Waals surface area contributed by atoms with Crippen LogP contribution in [0.15, 0.2) is 16.5 Å². The average Bonchev–Trinajstić information content (AvgIpc) is 2.63. The summed E-state index contributed by atoms with van der Waals surface area (Å²) in [5.41, 5.74) is 5.09. The molecule has 2 aromatic rings. The number of nitrogens with one attached hydrogen (secondary N) is 1. The molecule has 0 aliphatic carbocycles. The Morgan fingerprint density at radius 2 is 2.29 bits per heavy atom. The number of aromatic nitrogens is 5. The number of nitrogens with two attached hydrogens (primary N) is 1. The van der Waals surface area contributed by atoms with E-state index in [2.05, 4.69) is 25.1 Å². The van der Waals surface area contributed by atoms with Gasteiger partial charge in [-0.15, -0.1) is 5.10 Å².